The zero-order chi connectivity index (χ0) is 36.7. The lowest BCUT2D eigenvalue weighted by atomic mass is 9.83. The zero-order valence-corrected chi connectivity index (χ0v) is 30.9. The molecule has 7 aromatic carbocycles. The van der Waals surface area contributed by atoms with Crippen LogP contribution in [0.15, 0.2) is 204 Å². The van der Waals surface area contributed by atoms with Crippen molar-refractivity contribution in [2.45, 2.75) is 25.7 Å². The van der Waals surface area contributed by atoms with Gasteiger partial charge in [0.15, 0.2) is 0 Å². The first-order valence-electron chi connectivity index (χ1n) is 19.4. The number of hydrogen-bond donors (Lipinski definition) is 0. The average molecular weight is 708 g/mol. The number of benzene rings is 7. The van der Waals surface area contributed by atoms with E-state index in [0.29, 0.717) is 5.92 Å². The third kappa shape index (κ3) is 5.91. The Kier molecular flexibility index (Phi) is 8.37. The Morgan fingerprint density at radius 1 is 0.509 bits per heavy atom. The van der Waals surface area contributed by atoms with Crippen LogP contribution in [-0.2, 0) is 0 Å². The molecule has 0 bridgehead atoms. The molecule has 0 saturated heterocycles. The number of para-hydroxylation sites is 2. The maximum absolute atomic E-state index is 6.91. The van der Waals surface area contributed by atoms with Gasteiger partial charge in [0.2, 0.25) is 0 Å². The third-order valence-electron chi connectivity index (χ3n) is 11.5. The Hall–Kier alpha value is -6.64. The molecule has 55 heavy (non-hydrogen) atoms. The van der Waals surface area contributed by atoms with Crippen molar-refractivity contribution in [3.05, 3.63) is 205 Å². The van der Waals surface area contributed by atoms with Gasteiger partial charge in [-0.25, -0.2) is 0 Å². The third-order valence-corrected chi connectivity index (χ3v) is 11.5. The molecule has 2 atom stereocenters. The van der Waals surface area contributed by atoms with E-state index < -0.39 is 0 Å². The predicted octanol–water partition coefficient (Wildman–Crippen LogP) is 15.0. The predicted molar refractivity (Wildman–Crippen MR) is 233 cm³/mol. The molecule has 2 aliphatic carbocycles. The van der Waals surface area contributed by atoms with E-state index in [4.69, 9.17) is 4.42 Å². The SMILES string of the molecule is CC1C=CC=CC1c1cccc2c1oc1c(-c3ccccc3-c3ccc(N(C4=CC=CCC4)c4ccc(-c5cccc6ccccc56)cc4)cc3)cccc12. The summed E-state index contributed by atoms with van der Waals surface area (Å²) in [5, 5.41) is 4.86. The number of rotatable bonds is 7. The summed E-state index contributed by atoms with van der Waals surface area (Å²) in [5.74, 6) is 0.689. The highest BCUT2D eigenvalue weighted by Crippen LogP contribution is 2.44. The molecule has 0 spiro atoms. The molecule has 0 amide bonds. The second kappa shape index (κ2) is 14.0. The number of anilines is 2. The lowest BCUT2D eigenvalue weighted by molar-refractivity contribution is 0.612. The minimum absolute atomic E-state index is 0.283. The fourth-order valence-corrected chi connectivity index (χ4v) is 8.71. The second-order valence-electron chi connectivity index (χ2n) is 14.8. The van der Waals surface area contributed by atoms with Gasteiger partial charge in [-0.1, -0.05) is 171 Å². The Morgan fingerprint density at radius 3 is 1.87 bits per heavy atom. The summed E-state index contributed by atoms with van der Waals surface area (Å²) < 4.78 is 6.91. The number of hydrogen-bond acceptors (Lipinski definition) is 2. The largest absolute Gasteiger partial charge is 0.455 e. The molecule has 8 aromatic rings. The van der Waals surface area contributed by atoms with Crippen LogP contribution < -0.4 is 4.90 Å². The molecule has 2 nitrogen and oxygen atoms in total. The molecule has 0 fully saturated rings. The van der Waals surface area contributed by atoms with E-state index in [0.717, 1.165) is 51.9 Å². The lowest BCUT2D eigenvalue weighted by Gasteiger charge is -2.29. The quantitative estimate of drug-likeness (QED) is 0.164. The molecule has 0 saturated carbocycles. The first kappa shape index (κ1) is 33.0. The van der Waals surface area contributed by atoms with Gasteiger partial charge in [0.05, 0.1) is 0 Å². The standard InChI is InChI=1S/C53H41NO/c1-36-14-5-7-19-43(36)48-24-12-26-50-51-27-13-25-49(53(51)55-52(48)50)47-22-10-9-21-46(47)39-30-34-42(35-31-39)54(40-17-3-2-4-18-40)41-32-28-38(29-33-41)45-23-11-16-37-15-6-8-20-44(37)45/h2-3,5-17,19-36,43H,4,18H2,1H3. The van der Waals surface area contributed by atoms with Gasteiger partial charge in [0, 0.05) is 44.9 Å². The number of nitrogens with zero attached hydrogens (tertiary/aromatic N) is 1. The number of allylic oxidation sites excluding steroid dienone is 8. The molecule has 2 aliphatic rings. The summed E-state index contributed by atoms with van der Waals surface area (Å²) in [5.41, 5.74) is 13.9. The summed E-state index contributed by atoms with van der Waals surface area (Å²) >= 11 is 0. The molecule has 10 rings (SSSR count). The highest BCUT2D eigenvalue weighted by Gasteiger charge is 2.23. The first-order valence-corrected chi connectivity index (χ1v) is 19.4. The Balaban J connectivity index is 1.02. The summed E-state index contributed by atoms with van der Waals surface area (Å²) in [7, 11) is 0. The second-order valence-corrected chi connectivity index (χ2v) is 14.8. The van der Waals surface area contributed by atoms with Crippen LogP contribution in [0.2, 0.25) is 0 Å². The summed E-state index contributed by atoms with van der Waals surface area (Å²) in [6, 6.07) is 55.2. The molecule has 0 N–H and O–H groups in total. The van der Waals surface area contributed by atoms with E-state index in [1.165, 1.54) is 49.7 Å². The van der Waals surface area contributed by atoms with Gasteiger partial charge < -0.3 is 9.32 Å². The van der Waals surface area contributed by atoms with Crippen LogP contribution in [0.3, 0.4) is 0 Å². The van der Waals surface area contributed by atoms with Gasteiger partial charge >= 0.3 is 0 Å². The van der Waals surface area contributed by atoms with E-state index in [2.05, 4.69) is 206 Å². The van der Waals surface area contributed by atoms with Crippen LogP contribution >= 0.6 is 0 Å². The van der Waals surface area contributed by atoms with Crippen molar-refractivity contribution in [2.24, 2.45) is 5.92 Å². The molecule has 264 valence electrons. The van der Waals surface area contributed by atoms with Crippen molar-refractivity contribution < 1.29 is 4.42 Å². The van der Waals surface area contributed by atoms with Crippen molar-refractivity contribution in [1.29, 1.82) is 0 Å². The molecule has 0 aliphatic heterocycles. The maximum atomic E-state index is 6.91. The van der Waals surface area contributed by atoms with Gasteiger partial charge in [-0.15, -0.1) is 0 Å². The number of fused-ring (bicyclic) bond motifs is 4. The first-order chi connectivity index (χ1) is 27.2. The molecule has 2 heteroatoms. The smallest absolute Gasteiger partial charge is 0.143 e. The van der Waals surface area contributed by atoms with Gasteiger partial charge in [-0.3, -0.25) is 0 Å². The number of furan rings is 1. The van der Waals surface area contributed by atoms with E-state index >= 15 is 0 Å². The van der Waals surface area contributed by atoms with Crippen molar-refractivity contribution in [2.75, 3.05) is 4.90 Å². The van der Waals surface area contributed by atoms with Crippen LogP contribution in [0.5, 0.6) is 0 Å². The molecule has 0 radical (unpaired) electrons. The van der Waals surface area contributed by atoms with E-state index in [-0.39, 0.29) is 5.92 Å². The maximum Gasteiger partial charge on any atom is 0.143 e. The van der Waals surface area contributed by atoms with Gasteiger partial charge in [-0.2, -0.15) is 0 Å². The zero-order valence-electron chi connectivity index (χ0n) is 30.9. The highest BCUT2D eigenvalue weighted by atomic mass is 16.3. The minimum atomic E-state index is 0.283. The Bertz CT molecular complexity index is 2820. The monoisotopic (exact) mass is 707 g/mol. The molecule has 2 unspecified atom stereocenters. The lowest BCUT2D eigenvalue weighted by Crippen LogP contribution is -2.17. The average Bonchev–Trinajstić information content (AvgIpc) is 3.64. The van der Waals surface area contributed by atoms with Gasteiger partial charge in [-0.05, 0) is 87.7 Å². The molecular weight excluding hydrogens is 667 g/mol. The molecule has 1 aromatic heterocycles. The molecule has 1 heterocycles. The van der Waals surface area contributed by atoms with Crippen molar-refractivity contribution in [3.8, 4) is 33.4 Å². The van der Waals surface area contributed by atoms with E-state index in [1.54, 1.807) is 0 Å². The summed E-state index contributed by atoms with van der Waals surface area (Å²) in [6.45, 7) is 2.28. The Labute approximate surface area is 322 Å². The molecular formula is C53H41NO. The van der Waals surface area contributed by atoms with Crippen LogP contribution in [0.1, 0.15) is 31.2 Å². The highest BCUT2D eigenvalue weighted by molar-refractivity contribution is 6.11. The van der Waals surface area contributed by atoms with Crippen molar-refractivity contribution in [1.82, 2.24) is 0 Å². The fraction of sp³-hybridized carbons (Fsp3) is 0.0943. The summed E-state index contributed by atoms with van der Waals surface area (Å²) in [4.78, 5) is 2.41. The fourth-order valence-electron chi connectivity index (χ4n) is 8.71. The topological polar surface area (TPSA) is 16.4 Å². The van der Waals surface area contributed by atoms with Crippen LogP contribution in [-0.4, -0.2) is 0 Å². The van der Waals surface area contributed by atoms with Crippen LogP contribution in [0, 0.1) is 5.92 Å². The van der Waals surface area contributed by atoms with Gasteiger partial charge in [0.25, 0.3) is 0 Å². The van der Waals surface area contributed by atoms with Crippen molar-refractivity contribution >= 4 is 44.1 Å². The van der Waals surface area contributed by atoms with E-state index in [9.17, 15) is 0 Å². The van der Waals surface area contributed by atoms with Crippen LogP contribution in [0.4, 0.5) is 11.4 Å². The van der Waals surface area contributed by atoms with Crippen molar-refractivity contribution in [3.63, 3.8) is 0 Å². The Morgan fingerprint density at radius 2 is 1.11 bits per heavy atom. The van der Waals surface area contributed by atoms with Crippen LogP contribution in [0.25, 0.3) is 66.1 Å². The van der Waals surface area contributed by atoms with E-state index in [1.807, 2.05) is 0 Å². The minimum Gasteiger partial charge on any atom is -0.455 e. The summed E-state index contributed by atoms with van der Waals surface area (Å²) in [6.07, 6.45) is 17.6. The normalized spacial score (nSPS) is 16.6. The van der Waals surface area contributed by atoms with Gasteiger partial charge in [0.1, 0.15) is 11.2 Å².